The molecule has 3 atom stereocenters. The molecule has 4 rings (SSSR count). The van der Waals surface area contributed by atoms with Gasteiger partial charge >= 0.3 is 0 Å². The molecule has 220 valence electrons. The minimum Gasteiger partial charge on any atom is -0.487 e. The van der Waals surface area contributed by atoms with Crippen LogP contribution in [0.3, 0.4) is 0 Å². The maximum atomic E-state index is 13.8. The second kappa shape index (κ2) is 13.0. The zero-order valence-electron chi connectivity index (χ0n) is 23.7. The first-order chi connectivity index (χ1) is 19.5. The number of benzene rings is 3. The van der Waals surface area contributed by atoms with Gasteiger partial charge in [0.25, 0.3) is 5.91 Å². The number of para-hydroxylation sites is 1. The Balaban J connectivity index is 1.66. The molecule has 0 aromatic heterocycles. The average molecular weight is 582 g/mol. The average Bonchev–Trinajstić information content (AvgIpc) is 3.46. The topological polar surface area (TPSA) is 131 Å². The van der Waals surface area contributed by atoms with Crippen LogP contribution in [0, 0.1) is 5.92 Å². The molecule has 3 aromatic carbocycles. The van der Waals surface area contributed by atoms with Crippen molar-refractivity contribution in [2.24, 2.45) is 5.92 Å². The number of hydrogen-bond acceptors (Lipinski definition) is 7. The summed E-state index contributed by atoms with van der Waals surface area (Å²) in [7, 11) is -3.98. The number of nitrogen functional groups attached to an aromatic ring is 1. The Morgan fingerprint density at radius 3 is 2.37 bits per heavy atom. The number of nitrogens with two attached hydrogens (primary N) is 1. The van der Waals surface area contributed by atoms with Crippen molar-refractivity contribution in [2.45, 2.75) is 49.8 Å². The monoisotopic (exact) mass is 581 g/mol. The number of aliphatic hydroxyl groups excluding tert-OH is 1. The van der Waals surface area contributed by atoms with E-state index in [1.807, 2.05) is 19.9 Å². The molecule has 0 unspecified atom stereocenters. The number of hydrogen-bond donors (Lipinski definition) is 3. The summed E-state index contributed by atoms with van der Waals surface area (Å²) in [6, 6.07) is 21.9. The summed E-state index contributed by atoms with van der Waals surface area (Å²) in [5.41, 5.74) is 5.80. The Labute approximate surface area is 242 Å². The van der Waals surface area contributed by atoms with E-state index < -0.39 is 27.6 Å². The van der Waals surface area contributed by atoms with Gasteiger partial charge in [0.2, 0.25) is 10.0 Å². The van der Waals surface area contributed by atoms with Crippen molar-refractivity contribution in [3.05, 3.63) is 90.0 Å². The largest absolute Gasteiger partial charge is 0.487 e. The standard InChI is InChI=1S/C31H39N3O6S/c1-22(2)19-34(41(37,38)26-15-13-24(32)14-16-26)20-29(35)31(3,23-9-5-4-6-10-23)33-30(36)27-11-7-8-12-28(27)40-25-17-18-39-21-25/h4-16,22,25,29,35H,17-21,32H2,1-3H3,(H,33,36)/t25-,29+,31-/m0/s1. The van der Waals surface area contributed by atoms with E-state index in [0.29, 0.717) is 35.8 Å². The first kappa shape index (κ1) is 30.5. The Morgan fingerprint density at radius 1 is 1.07 bits per heavy atom. The SMILES string of the molecule is CC(C)CN(C[C@@H](O)[C@@](C)(NC(=O)c1ccccc1O[C@H]1CCOC1)c1ccccc1)S(=O)(=O)c1ccc(N)cc1. The number of nitrogens with zero attached hydrogens (tertiary/aromatic N) is 1. The highest BCUT2D eigenvalue weighted by atomic mass is 32.2. The van der Waals surface area contributed by atoms with Crippen LogP contribution < -0.4 is 15.8 Å². The van der Waals surface area contributed by atoms with Gasteiger partial charge in [-0.3, -0.25) is 4.79 Å². The molecule has 0 spiro atoms. The fourth-order valence-electron chi connectivity index (χ4n) is 4.82. The highest BCUT2D eigenvalue weighted by Crippen LogP contribution is 2.30. The summed E-state index contributed by atoms with van der Waals surface area (Å²) < 4.78 is 40.1. The molecule has 0 aliphatic carbocycles. The fourth-order valence-corrected chi connectivity index (χ4v) is 6.43. The lowest BCUT2D eigenvalue weighted by Crippen LogP contribution is -2.56. The smallest absolute Gasteiger partial charge is 0.255 e. The molecular formula is C31H39N3O6S. The van der Waals surface area contributed by atoms with Crippen LogP contribution in [0.4, 0.5) is 5.69 Å². The number of anilines is 1. The van der Waals surface area contributed by atoms with Gasteiger partial charge in [-0.1, -0.05) is 56.3 Å². The van der Waals surface area contributed by atoms with Crippen molar-refractivity contribution in [1.29, 1.82) is 0 Å². The number of rotatable bonds is 12. The quantitative estimate of drug-likeness (QED) is 0.277. The van der Waals surface area contributed by atoms with Crippen LogP contribution in [0.5, 0.6) is 5.75 Å². The van der Waals surface area contributed by atoms with E-state index in [1.165, 1.54) is 28.6 Å². The minimum absolute atomic E-state index is 0.0214. The van der Waals surface area contributed by atoms with Gasteiger partial charge < -0.3 is 25.6 Å². The van der Waals surface area contributed by atoms with Gasteiger partial charge in [0.05, 0.1) is 35.3 Å². The molecule has 9 nitrogen and oxygen atoms in total. The summed E-state index contributed by atoms with van der Waals surface area (Å²) in [4.78, 5) is 13.8. The highest BCUT2D eigenvalue weighted by Gasteiger charge is 2.40. The normalized spacial score (nSPS) is 17.8. The molecule has 0 saturated carbocycles. The van der Waals surface area contributed by atoms with Crippen LogP contribution in [0.25, 0.3) is 0 Å². The zero-order chi connectivity index (χ0) is 29.6. The number of amides is 1. The maximum Gasteiger partial charge on any atom is 0.255 e. The van der Waals surface area contributed by atoms with Crippen molar-refractivity contribution in [3.63, 3.8) is 0 Å². The van der Waals surface area contributed by atoms with Gasteiger partial charge in [0, 0.05) is 25.2 Å². The van der Waals surface area contributed by atoms with Crippen LogP contribution in [0.15, 0.2) is 83.8 Å². The molecule has 1 heterocycles. The predicted octanol–water partition coefficient (Wildman–Crippen LogP) is 3.79. The molecule has 0 bridgehead atoms. The van der Waals surface area contributed by atoms with Gasteiger partial charge in [-0.25, -0.2) is 8.42 Å². The van der Waals surface area contributed by atoms with Gasteiger partial charge in [-0.05, 0) is 54.8 Å². The summed E-state index contributed by atoms with van der Waals surface area (Å²) >= 11 is 0. The lowest BCUT2D eigenvalue weighted by Gasteiger charge is -2.38. The molecule has 10 heteroatoms. The van der Waals surface area contributed by atoms with Gasteiger partial charge in [0.15, 0.2) is 0 Å². The number of ether oxygens (including phenoxy) is 2. The molecule has 0 radical (unpaired) electrons. The van der Waals surface area contributed by atoms with Gasteiger partial charge in [-0.15, -0.1) is 0 Å². The Hall–Kier alpha value is -3.44. The third-order valence-corrected chi connectivity index (χ3v) is 9.04. The number of carbonyl (C=O) groups excluding carboxylic acids is 1. The Bertz CT molecular complexity index is 1410. The fraction of sp³-hybridized carbons (Fsp3) is 0.387. The van der Waals surface area contributed by atoms with Crippen molar-refractivity contribution >= 4 is 21.6 Å². The van der Waals surface area contributed by atoms with Crippen LogP contribution >= 0.6 is 0 Å². The van der Waals surface area contributed by atoms with Crippen molar-refractivity contribution in [3.8, 4) is 5.75 Å². The molecule has 3 aromatic rings. The molecule has 1 fully saturated rings. The van der Waals surface area contributed by atoms with E-state index in [1.54, 1.807) is 55.5 Å². The van der Waals surface area contributed by atoms with E-state index in [9.17, 15) is 18.3 Å². The molecule has 41 heavy (non-hydrogen) atoms. The Kier molecular flexibility index (Phi) is 9.70. The van der Waals surface area contributed by atoms with Gasteiger partial charge in [0.1, 0.15) is 11.9 Å². The molecule has 1 aliphatic heterocycles. The number of aliphatic hydroxyl groups is 1. The summed E-state index contributed by atoms with van der Waals surface area (Å²) in [6.45, 7) is 6.47. The second-order valence-electron chi connectivity index (χ2n) is 10.9. The molecule has 4 N–H and O–H groups in total. The minimum atomic E-state index is -3.98. The van der Waals surface area contributed by atoms with E-state index >= 15 is 0 Å². The number of nitrogens with one attached hydrogen (secondary N) is 1. The summed E-state index contributed by atoms with van der Waals surface area (Å²) in [6.07, 6.45) is -0.740. The zero-order valence-corrected chi connectivity index (χ0v) is 24.5. The van der Waals surface area contributed by atoms with E-state index in [2.05, 4.69) is 5.32 Å². The van der Waals surface area contributed by atoms with Crippen molar-refractivity contribution in [1.82, 2.24) is 9.62 Å². The van der Waals surface area contributed by atoms with Crippen molar-refractivity contribution in [2.75, 3.05) is 32.0 Å². The van der Waals surface area contributed by atoms with Crippen LogP contribution in [-0.4, -0.2) is 62.2 Å². The lowest BCUT2D eigenvalue weighted by molar-refractivity contribution is 0.0437. The molecular weight excluding hydrogens is 542 g/mol. The van der Waals surface area contributed by atoms with Crippen LogP contribution in [0.2, 0.25) is 0 Å². The first-order valence-corrected chi connectivity index (χ1v) is 15.2. The molecule has 1 amide bonds. The van der Waals surface area contributed by atoms with E-state index in [-0.39, 0.29) is 30.0 Å². The molecule has 1 saturated heterocycles. The van der Waals surface area contributed by atoms with E-state index in [4.69, 9.17) is 15.2 Å². The van der Waals surface area contributed by atoms with Crippen LogP contribution in [0.1, 0.15) is 43.1 Å². The third-order valence-electron chi connectivity index (χ3n) is 7.19. The number of carbonyl (C=O) groups is 1. The highest BCUT2D eigenvalue weighted by molar-refractivity contribution is 7.89. The second-order valence-corrected chi connectivity index (χ2v) is 12.9. The summed E-state index contributed by atoms with van der Waals surface area (Å²) in [5.74, 6) is -0.0635. The van der Waals surface area contributed by atoms with E-state index in [0.717, 1.165) is 6.42 Å². The Morgan fingerprint density at radius 2 is 1.73 bits per heavy atom. The first-order valence-electron chi connectivity index (χ1n) is 13.8. The lowest BCUT2D eigenvalue weighted by atomic mass is 9.85. The predicted molar refractivity (Wildman–Crippen MR) is 158 cm³/mol. The molecule has 1 aliphatic rings. The summed E-state index contributed by atoms with van der Waals surface area (Å²) in [5, 5.41) is 14.8. The number of sulfonamides is 1. The van der Waals surface area contributed by atoms with Crippen molar-refractivity contribution < 1.29 is 27.8 Å². The van der Waals surface area contributed by atoms with Crippen LogP contribution in [-0.2, 0) is 20.3 Å². The van der Waals surface area contributed by atoms with Gasteiger partial charge in [-0.2, -0.15) is 4.31 Å². The third kappa shape index (κ3) is 7.26. The maximum absolute atomic E-state index is 13.8.